The molecule has 0 amide bonds. The molecule has 0 bridgehead atoms. The van der Waals surface area contributed by atoms with Crippen LogP contribution in [0.25, 0.3) is 11.1 Å². The molecular weight excluding hydrogens is 203 g/mol. The maximum absolute atomic E-state index is 13.7. The maximum Gasteiger partial charge on any atom is 0.131 e. The molecule has 3 heteroatoms. The van der Waals surface area contributed by atoms with Gasteiger partial charge in [-0.05, 0) is 17.7 Å². The second kappa shape index (κ2) is 4.54. The first kappa shape index (κ1) is 10.3. The van der Waals surface area contributed by atoms with Gasteiger partial charge in [0, 0.05) is 23.5 Å². The fourth-order valence-electron chi connectivity index (χ4n) is 1.52. The highest BCUT2D eigenvalue weighted by Crippen LogP contribution is 2.22. The summed E-state index contributed by atoms with van der Waals surface area (Å²) in [6, 6.07) is 10.4. The monoisotopic (exact) mass is 212 g/mol. The highest BCUT2D eigenvalue weighted by molar-refractivity contribution is 5.63. The average Bonchev–Trinajstić information content (AvgIpc) is 2.31. The van der Waals surface area contributed by atoms with E-state index in [1.54, 1.807) is 36.7 Å². The van der Waals surface area contributed by atoms with E-state index in [9.17, 15) is 4.39 Å². The van der Waals surface area contributed by atoms with E-state index in [4.69, 9.17) is 5.26 Å². The molecule has 78 valence electrons. The van der Waals surface area contributed by atoms with Crippen LogP contribution in [0, 0.1) is 17.1 Å². The molecule has 0 N–H and O–H groups in total. The zero-order valence-electron chi connectivity index (χ0n) is 8.52. The topological polar surface area (TPSA) is 36.7 Å². The van der Waals surface area contributed by atoms with Gasteiger partial charge in [-0.15, -0.1) is 0 Å². The van der Waals surface area contributed by atoms with Crippen molar-refractivity contribution in [2.45, 2.75) is 6.42 Å². The van der Waals surface area contributed by atoms with Gasteiger partial charge in [-0.3, -0.25) is 4.98 Å². The zero-order chi connectivity index (χ0) is 11.4. The highest BCUT2D eigenvalue weighted by Gasteiger charge is 2.05. The Kier molecular flexibility index (Phi) is 2.93. The van der Waals surface area contributed by atoms with Crippen LogP contribution < -0.4 is 0 Å². The van der Waals surface area contributed by atoms with E-state index in [2.05, 4.69) is 4.98 Å². The van der Waals surface area contributed by atoms with Crippen LogP contribution in [0.15, 0.2) is 42.7 Å². The van der Waals surface area contributed by atoms with Crippen LogP contribution in [0.3, 0.4) is 0 Å². The molecule has 0 aliphatic carbocycles. The first-order valence-electron chi connectivity index (χ1n) is 4.87. The smallest absolute Gasteiger partial charge is 0.131 e. The van der Waals surface area contributed by atoms with Crippen molar-refractivity contribution < 1.29 is 4.39 Å². The van der Waals surface area contributed by atoms with Crippen LogP contribution in [-0.2, 0) is 6.42 Å². The summed E-state index contributed by atoms with van der Waals surface area (Å²) in [6.07, 6.45) is 3.48. The fourth-order valence-corrected chi connectivity index (χ4v) is 1.52. The second-order valence-corrected chi connectivity index (χ2v) is 3.39. The number of hydrogen-bond acceptors (Lipinski definition) is 2. The van der Waals surface area contributed by atoms with Crippen molar-refractivity contribution in [2.24, 2.45) is 0 Å². The molecule has 0 atom stereocenters. The number of nitrogens with zero attached hydrogens (tertiary/aromatic N) is 2. The van der Waals surface area contributed by atoms with Crippen LogP contribution in [0.4, 0.5) is 4.39 Å². The molecule has 0 aliphatic heterocycles. The molecule has 0 aliphatic rings. The normalized spacial score (nSPS) is 9.75. The van der Waals surface area contributed by atoms with Crippen molar-refractivity contribution in [3.05, 3.63) is 54.1 Å². The largest absolute Gasteiger partial charge is 0.264 e. The molecule has 0 saturated carbocycles. The zero-order valence-corrected chi connectivity index (χ0v) is 8.52. The number of rotatable bonds is 2. The Labute approximate surface area is 93.0 Å². The lowest BCUT2D eigenvalue weighted by Crippen LogP contribution is -1.89. The van der Waals surface area contributed by atoms with Gasteiger partial charge in [0.05, 0.1) is 12.5 Å². The van der Waals surface area contributed by atoms with Crippen LogP contribution in [0.2, 0.25) is 0 Å². The third-order valence-electron chi connectivity index (χ3n) is 2.29. The van der Waals surface area contributed by atoms with E-state index in [0.717, 1.165) is 5.56 Å². The van der Waals surface area contributed by atoms with Gasteiger partial charge in [0.15, 0.2) is 0 Å². The Morgan fingerprint density at radius 2 is 2.19 bits per heavy atom. The standard InChI is InChI=1S/C13H9FN2/c14-13-8-10(5-6-15)3-4-12(13)11-2-1-7-16-9-11/h1-4,7-9H,5H2. The molecule has 2 aromatic rings. The van der Waals surface area contributed by atoms with Gasteiger partial charge in [-0.25, -0.2) is 4.39 Å². The predicted octanol–water partition coefficient (Wildman–Crippen LogP) is 2.95. The van der Waals surface area contributed by atoms with Crippen molar-refractivity contribution in [1.29, 1.82) is 5.26 Å². The number of hydrogen-bond donors (Lipinski definition) is 0. The van der Waals surface area contributed by atoms with Crippen molar-refractivity contribution in [1.82, 2.24) is 4.98 Å². The first-order chi connectivity index (χ1) is 7.81. The molecule has 16 heavy (non-hydrogen) atoms. The number of benzene rings is 1. The molecular formula is C13H9FN2. The Balaban J connectivity index is 2.41. The SMILES string of the molecule is N#CCc1ccc(-c2cccnc2)c(F)c1. The van der Waals surface area contributed by atoms with Gasteiger partial charge in [-0.2, -0.15) is 5.26 Å². The van der Waals surface area contributed by atoms with Crippen molar-refractivity contribution >= 4 is 0 Å². The average molecular weight is 212 g/mol. The minimum atomic E-state index is -0.319. The van der Waals surface area contributed by atoms with Crippen LogP contribution in [0.1, 0.15) is 5.56 Å². The second-order valence-electron chi connectivity index (χ2n) is 3.39. The van der Waals surface area contributed by atoms with Crippen LogP contribution in [-0.4, -0.2) is 4.98 Å². The van der Waals surface area contributed by atoms with Crippen LogP contribution in [0.5, 0.6) is 0 Å². The Morgan fingerprint density at radius 3 is 2.81 bits per heavy atom. The summed E-state index contributed by atoms with van der Waals surface area (Å²) in [7, 11) is 0. The predicted molar refractivity (Wildman–Crippen MR) is 58.9 cm³/mol. The van der Waals surface area contributed by atoms with Crippen molar-refractivity contribution in [3.8, 4) is 17.2 Å². The molecule has 2 rings (SSSR count). The molecule has 0 radical (unpaired) electrons. The molecule has 0 fully saturated rings. The summed E-state index contributed by atoms with van der Waals surface area (Å²) >= 11 is 0. The number of aromatic nitrogens is 1. The lowest BCUT2D eigenvalue weighted by atomic mass is 10.0. The Hall–Kier alpha value is -2.21. The summed E-state index contributed by atoms with van der Waals surface area (Å²) in [5.41, 5.74) is 1.94. The Bertz CT molecular complexity index is 529. The summed E-state index contributed by atoms with van der Waals surface area (Å²) in [5.74, 6) is -0.319. The van der Waals surface area contributed by atoms with Crippen LogP contribution >= 0.6 is 0 Å². The third-order valence-corrected chi connectivity index (χ3v) is 2.29. The number of halogens is 1. The maximum atomic E-state index is 13.7. The van der Waals surface area contributed by atoms with Gasteiger partial charge in [0.2, 0.25) is 0 Å². The number of nitriles is 1. The summed E-state index contributed by atoms with van der Waals surface area (Å²) < 4.78 is 13.7. The Morgan fingerprint density at radius 1 is 1.31 bits per heavy atom. The molecule has 0 saturated heterocycles. The van der Waals surface area contributed by atoms with E-state index in [-0.39, 0.29) is 12.2 Å². The van der Waals surface area contributed by atoms with Crippen molar-refractivity contribution in [3.63, 3.8) is 0 Å². The van der Waals surface area contributed by atoms with Gasteiger partial charge in [0.25, 0.3) is 0 Å². The van der Waals surface area contributed by atoms with E-state index in [1.165, 1.54) is 6.07 Å². The quantitative estimate of drug-likeness (QED) is 0.767. The lowest BCUT2D eigenvalue weighted by Gasteiger charge is -2.03. The third kappa shape index (κ3) is 2.06. The summed E-state index contributed by atoms with van der Waals surface area (Å²) in [6.45, 7) is 0. The van der Waals surface area contributed by atoms with Gasteiger partial charge in [0.1, 0.15) is 5.82 Å². The first-order valence-corrected chi connectivity index (χ1v) is 4.87. The lowest BCUT2D eigenvalue weighted by molar-refractivity contribution is 0.629. The highest BCUT2D eigenvalue weighted by atomic mass is 19.1. The van der Waals surface area contributed by atoms with Crippen molar-refractivity contribution in [2.75, 3.05) is 0 Å². The molecule has 1 aromatic heterocycles. The van der Waals surface area contributed by atoms with Gasteiger partial charge < -0.3 is 0 Å². The molecule has 1 heterocycles. The summed E-state index contributed by atoms with van der Waals surface area (Å²) in [5, 5.41) is 8.51. The summed E-state index contributed by atoms with van der Waals surface area (Å²) in [4.78, 5) is 3.94. The molecule has 0 spiro atoms. The van der Waals surface area contributed by atoms with E-state index in [1.807, 2.05) is 6.07 Å². The minimum Gasteiger partial charge on any atom is -0.264 e. The molecule has 0 unspecified atom stereocenters. The van der Waals surface area contributed by atoms with E-state index < -0.39 is 0 Å². The van der Waals surface area contributed by atoms with Gasteiger partial charge >= 0.3 is 0 Å². The molecule has 1 aromatic carbocycles. The van der Waals surface area contributed by atoms with E-state index in [0.29, 0.717) is 11.1 Å². The van der Waals surface area contributed by atoms with Gasteiger partial charge in [-0.1, -0.05) is 18.2 Å². The van der Waals surface area contributed by atoms with E-state index >= 15 is 0 Å². The fraction of sp³-hybridized carbons (Fsp3) is 0.0769. The minimum absolute atomic E-state index is 0.226. The molecule has 2 nitrogen and oxygen atoms in total. The number of pyridine rings is 1.